The normalized spacial score (nSPS) is 11.5. The molecule has 0 spiro atoms. The highest BCUT2D eigenvalue weighted by Crippen LogP contribution is 2.33. The van der Waals surface area contributed by atoms with E-state index in [4.69, 9.17) is 0 Å². The molecule has 0 radical (unpaired) electrons. The van der Waals surface area contributed by atoms with Gasteiger partial charge in [-0.2, -0.15) is 0 Å². The highest BCUT2D eigenvalue weighted by Gasteiger charge is 2.21. The maximum Gasteiger partial charge on any atom is 0.262 e. The summed E-state index contributed by atoms with van der Waals surface area (Å²) in [5, 5.41) is 6.85. The molecule has 0 saturated heterocycles. The highest BCUT2D eigenvalue weighted by molar-refractivity contribution is 7.93. The maximum absolute atomic E-state index is 14.5. The monoisotopic (exact) mass is 456 g/mol. The Morgan fingerprint density at radius 1 is 1.03 bits per heavy atom. The van der Waals surface area contributed by atoms with Crippen LogP contribution in [0.2, 0.25) is 0 Å². The van der Waals surface area contributed by atoms with Gasteiger partial charge in [-0.15, -0.1) is 11.3 Å². The molecule has 0 saturated carbocycles. The van der Waals surface area contributed by atoms with Gasteiger partial charge in [0.25, 0.3) is 10.0 Å². The van der Waals surface area contributed by atoms with Gasteiger partial charge in [-0.25, -0.2) is 17.8 Å². The summed E-state index contributed by atoms with van der Waals surface area (Å²) in [5.74, 6) is -0.661. The lowest BCUT2D eigenvalue weighted by Gasteiger charge is -2.17. The lowest BCUT2D eigenvalue weighted by atomic mass is 10.1. The number of hydrogen-bond acceptors (Lipinski definition) is 6. The van der Waals surface area contributed by atoms with Gasteiger partial charge in [0.15, 0.2) is 5.13 Å². The Kier molecular flexibility index (Phi) is 5.55. The first kappa shape index (κ1) is 21.1. The summed E-state index contributed by atoms with van der Waals surface area (Å²) >= 11 is 1.41. The van der Waals surface area contributed by atoms with Crippen molar-refractivity contribution in [2.75, 3.05) is 36.1 Å². The molecule has 0 bridgehead atoms. The fourth-order valence-corrected chi connectivity index (χ4v) is 5.33. The average Bonchev–Trinajstić information content (AvgIpc) is 3.23. The standard InChI is InChI=1S/C22H21FN4O2S2/c1-24-22-25-19(13-30-22)14-10-11-17(23)18(12-14)26-31(28,29)21-9-5-6-15-16(21)7-4-8-20(15)27(2)3/h4-13,26H,1-3H3,(H,24,25). The van der Waals surface area contributed by atoms with Crippen LogP contribution in [0.15, 0.2) is 64.9 Å². The number of anilines is 3. The molecule has 0 aliphatic carbocycles. The molecule has 3 aromatic carbocycles. The van der Waals surface area contributed by atoms with Crippen molar-refractivity contribution >= 4 is 48.6 Å². The van der Waals surface area contributed by atoms with Gasteiger partial charge in [-0.3, -0.25) is 4.72 Å². The van der Waals surface area contributed by atoms with E-state index in [1.807, 2.05) is 36.5 Å². The Labute approximate surface area is 184 Å². The summed E-state index contributed by atoms with van der Waals surface area (Å²) < 4.78 is 43.4. The molecule has 0 aliphatic heterocycles. The van der Waals surface area contributed by atoms with Crippen molar-refractivity contribution in [3.63, 3.8) is 0 Å². The number of hydrogen-bond donors (Lipinski definition) is 2. The predicted octanol–water partition coefficient (Wildman–Crippen LogP) is 5.01. The number of thiazole rings is 1. The molecular formula is C22H21FN4O2S2. The van der Waals surface area contributed by atoms with Crippen molar-refractivity contribution in [1.82, 2.24) is 4.98 Å². The molecule has 1 heterocycles. The number of rotatable bonds is 6. The van der Waals surface area contributed by atoms with Crippen LogP contribution in [0.5, 0.6) is 0 Å². The Balaban J connectivity index is 1.76. The van der Waals surface area contributed by atoms with Crippen LogP contribution in [0.1, 0.15) is 0 Å². The topological polar surface area (TPSA) is 74.3 Å². The number of halogens is 1. The van der Waals surface area contributed by atoms with Crippen LogP contribution >= 0.6 is 11.3 Å². The largest absolute Gasteiger partial charge is 0.377 e. The first-order valence-corrected chi connectivity index (χ1v) is 11.8. The van der Waals surface area contributed by atoms with Gasteiger partial charge in [0.05, 0.1) is 16.3 Å². The molecule has 0 aliphatic rings. The lowest BCUT2D eigenvalue weighted by molar-refractivity contribution is 0.599. The van der Waals surface area contributed by atoms with Crippen molar-refractivity contribution in [1.29, 1.82) is 0 Å². The van der Waals surface area contributed by atoms with E-state index < -0.39 is 15.8 Å². The summed E-state index contributed by atoms with van der Waals surface area (Å²) in [6.45, 7) is 0. The number of nitrogens with zero attached hydrogens (tertiary/aromatic N) is 2. The van der Waals surface area contributed by atoms with Gasteiger partial charge >= 0.3 is 0 Å². The molecule has 0 amide bonds. The lowest BCUT2D eigenvalue weighted by Crippen LogP contribution is -2.15. The van der Waals surface area contributed by atoms with E-state index in [0.717, 1.165) is 11.1 Å². The minimum Gasteiger partial charge on any atom is -0.377 e. The number of benzene rings is 3. The van der Waals surface area contributed by atoms with Crippen molar-refractivity contribution in [2.24, 2.45) is 0 Å². The number of aromatic nitrogens is 1. The summed E-state index contributed by atoms with van der Waals surface area (Å²) in [7, 11) is 1.51. The second kappa shape index (κ2) is 8.16. The molecule has 31 heavy (non-hydrogen) atoms. The zero-order chi connectivity index (χ0) is 22.2. The van der Waals surface area contributed by atoms with Crippen LogP contribution in [0.3, 0.4) is 0 Å². The van der Waals surface area contributed by atoms with Crippen molar-refractivity contribution in [3.8, 4) is 11.3 Å². The molecule has 160 valence electrons. The van der Waals surface area contributed by atoms with Gasteiger partial charge in [-0.05, 0) is 30.3 Å². The van der Waals surface area contributed by atoms with Crippen molar-refractivity contribution < 1.29 is 12.8 Å². The molecule has 9 heteroatoms. The molecule has 0 unspecified atom stereocenters. The minimum atomic E-state index is -4.04. The quantitative estimate of drug-likeness (QED) is 0.427. The fourth-order valence-electron chi connectivity index (χ4n) is 3.37. The Bertz CT molecular complexity index is 1370. The van der Waals surface area contributed by atoms with Crippen molar-refractivity contribution in [3.05, 3.63) is 65.8 Å². The summed E-state index contributed by atoms with van der Waals surface area (Å²) in [6.07, 6.45) is 0. The van der Waals surface area contributed by atoms with E-state index in [-0.39, 0.29) is 10.6 Å². The zero-order valence-electron chi connectivity index (χ0n) is 17.2. The molecular weight excluding hydrogens is 435 g/mol. The van der Waals surface area contributed by atoms with E-state index in [1.54, 1.807) is 31.3 Å². The first-order chi connectivity index (χ1) is 14.8. The van der Waals surface area contributed by atoms with E-state index in [1.165, 1.54) is 29.5 Å². The van der Waals surface area contributed by atoms with E-state index >= 15 is 0 Å². The molecule has 0 atom stereocenters. The maximum atomic E-state index is 14.5. The molecule has 0 fully saturated rings. The predicted molar refractivity (Wildman–Crippen MR) is 126 cm³/mol. The number of fused-ring (bicyclic) bond motifs is 1. The third-order valence-electron chi connectivity index (χ3n) is 4.85. The van der Waals surface area contributed by atoms with Gasteiger partial charge < -0.3 is 10.2 Å². The van der Waals surface area contributed by atoms with Gasteiger partial charge in [0, 0.05) is 48.5 Å². The van der Waals surface area contributed by atoms with Crippen LogP contribution in [-0.2, 0) is 10.0 Å². The van der Waals surface area contributed by atoms with Crippen LogP contribution in [0.25, 0.3) is 22.0 Å². The first-order valence-electron chi connectivity index (χ1n) is 9.45. The summed E-state index contributed by atoms with van der Waals surface area (Å²) in [5.41, 5.74) is 2.02. The fraction of sp³-hybridized carbons (Fsp3) is 0.136. The van der Waals surface area contributed by atoms with Crippen LogP contribution < -0.4 is 14.9 Å². The summed E-state index contributed by atoms with van der Waals surface area (Å²) in [4.78, 5) is 6.40. The van der Waals surface area contributed by atoms with Gasteiger partial charge in [0.2, 0.25) is 0 Å². The smallest absolute Gasteiger partial charge is 0.262 e. The van der Waals surface area contributed by atoms with Gasteiger partial charge in [-0.1, -0.05) is 24.3 Å². The van der Waals surface area contributed by atoms with Crippen molar-refractivity contribution in [2.45, 2.75) is 4.90 Å². The second-order valence-electron chi connectivity index (χ2n) is 7.11. The minimum absolute atomic E-state index is 0.0876. The molecule has 2 N–H and O–H groups in total. The zero-order valence-corrected chi connectivity index (χ0v) is 18.8. The van der Waals surface area contributed by atoms with Crippen LogP contribution in [-0.4, -0.2) is 34.5 Å². The van der Waals surface area contributed by atoms with Crippen LogP contribution in [0, 0.1) is 5.82 Å². The van der Waals surface area contributed by atoms with Gasteiger partial charge in [0.1, 0.15) is 5.82 Å². The Morgan fingerprint density at radius 2 is 1.77 bits per heavy atom. The Hall–Kier alpha value is -3.17. The van der Waals surface area contributed by atoms with E-state index in [0.29, 0.717) is 21.8 Å². The SMILES string of the molecule is CNc1nc(-c2ccc(F)c(NS(=O)(=O)c3cccc4c(N(C)C)cccc34)c2)cs1. The molecule has 4 aromatic rings. The average molecular weight is 457 g/mol. The van der Waals surface area contributed by atoms with E-state index in [9.17, 15) is 12.8 Å². The third kappa shape index (κ3) is 4.06. The highest BCUT2D eigenvalue weighted by atomic mass is 32.2. The number of nitrogens with one attached hydrogen (secondary N) is 2. The Morgan fingerprint density at radius 3 is 2.48 bits per heavy atom. The molecule has 1 aromatic heterocycles. The molecule has 4 rings (SSSR count). The second-order valence-corrected chi connectivity index (χ2v) is 9.62. The third-order valence-corrected chi connectivity index (χ3v) is 7.14. The number of sulfonamides is 1. The molecule has 6 nitrogen and oxygen atoms in total. The summed E-state index contributed by atoms with van der Waals surface area (Å²) in [6, 6.07) is 14.8. The van der Waals surface area contributed by atoms with Crippen LogP contribution in [0.4, 0.5) is 20.9 Å². The van der Waals surface area contributed by atoms with E-state index in [2.05, 4.69) is 15.0 Å².